The number of thiophene rings is 1. The number of rotatable bonds is 7. The van der Waals surface area contributed by atoms with Gasteiger partial charge in [0.05, 0.1) is 26.5 Å². The van der Waals surface area contributed by atoms with Crippen molar-refractivity contribution in [1.82, 2.24) is 10.3 Å². The molecule has 1 amide bonds. The quantitative estimate of drug-likeness (QED) is 0.511. The number of ether oxygens (including phenoxy) is 5. The van der Waals surface area contributed by atoms with Crippen molar-refractivity contribution in [3.8, 4) is 23.0 Å². The number of fused-ring (bicyclic) bond motifs is 4. The van der Waals surface area contributed by atoms with Crippen LogP contribution < -0.4 is 29.6 Å². The lowest BCUT2D eigenvalue weighted by molar-refractivity contribution is 0.0939. The molecule has 0 radical (unpaired) electrons. The molecule has 3 aromatic rings. The van der Waals surface area contributed by atoms with Crippen LogP contribution >= 0.6 is 11.3 Å². The van der Waals surface area contributed by atoms with Gasteiger partial charge in [0.1, 0.15) is 15.9 Å². The normalized spacial score (nSPS) is 16.3. The highest BCUT2D eigenvalue weighted by atomic mass is 32.1. The van der Waals surface area contributed by atoms with Gasteiger partial charge in [-0.2, -0.15) is 0 Å². The number of nitrogens with one attached hydrogen (secondary N) is 2. The predicted octanol–water partition coefficient (Wildman–Crippen LogP) is 4.30. The molecule has 0 bridgehead atoms. The van der Waals surface area contributed by atoms with Crippen LogP contribution in [0.1, 0.15) is 51.6 Å². The van der Waals surface area contributed by atoms with Crippen LogP contribution in [0.2, 0.25) is 0 Å². The standard InChI is InChI=1S/C24H27N3O6S/c1-6-7-13-15(18(31-5)20-19(17(13)30-4)32-10-33-20)22-26-16-14-12(9-29-3)8-11(2)25-24(14)34-21(16)23(28)27-22/h8,22,26H,6-7,9-10H2,1-5H3,(H,27,28)/t22-/m1/s1. The Morgan fingerprint density at radius 1 is 1.15 bits per heavy atom. The van der Waals surface area contributed by atoms with Gasteiger partial charge in [-0.3, -0.25) is 4.79 Å². The van der Waals surface area contributed by atoms with Crippen molar-refractivity contribution in [2.24, 2.45) is 0 Å². The highest BCUT2D eigenvalue weighted by molar-refractivity contribution is 7.21. The maximum Gasteiger partial charge on any atom is 0.265 e. The van der Waals surface area contributed by atoms with Crippen LogP contribution in [0, 0.1) is 6.92 Å². The third-order valence-corrected chi connectivity index (χ3v) is 7.09. The number of benzene rings is 1. The molecule has 2 aliphatic rings. The fourth-order valence-corrected chi connectivity index (χ4v) is 5.89. The number of carbonyl (C=O) groups is 1. The molecule has 0 spiro atoms. The number of aromatic nitrogens is 1. The van der Waals surface area contributed by atoms with Crippen molar-refractivity contribution < 1.29 is 28.5 Å². The summed E-state index contributed by atoms with van der Waals surface area (Å²) in [6.45, 7) is 4.52. The van der Waals surface area contributed by atoms with Gasteiger partial charge < -0.3 is 34.3 Å². The Hall–Kier alpha value is -3.24. The number of nitrogens with zero attached hydrogens (tertiary/aromatic N) is 1. The molecule has 180 valence electrons. The molecule has 0 saturated heterocycles. The molecule has 2 aromatic heterocycles. The van der Waals surface area contributed by atoms with Crippen molar-refractivity contribution in [1.29, 1.82) is 0 Å². The summed E-state index contributed by atoms with van der Waals surface area (Å²) in [6.07, 6.45) is 0.988. The van der Waals surface area contributed by atoms with Crippen LogP contribution in [-0.4, -0.2) is 39.0 Å². The third kappa shape index (κ3) is 3.40. The molecule has 9 nitrogen and oxygen atoms in total. The molecule has 0 unspecified atom stereocenters. The van der Waals surface area contributed by atoms with E-state index >= 15 is 0 Å². The molecule has 0 aliphatic carbocycles. The molecule has 2 aliphatic heterocycles. The molecule has 2 N–H and O–H groups in total. The van der Waals surface area contributed by atoms with Gasteiger partial charge >= 0.3 is 0 Å². The minimum Gasteiger partial charge on any atom is -0.492 e. The smallest absolute Gasteiger partial charge is 0.265 e. The van der Waals surface area contributed by atoms with E-state index in [4.69, 9.17) is 23.7 Å². The lowest BCUT2D eigenvalue weighted by atomic mass is 9.95. The maximum atomic E-state index is 13.3. The predicted molar refractivity (Wildman–Crippen MR) is 129 cm³/mol. The van der Waals surface area contributed by atoms with Crippen LogP contribution in [-0.2, 0) is 17.8 Å². The minimum absolute atomic E-state index is 0.0756. The van der Waals surface area contributed by atoms with Crippen molar-refractivity contribution in [3.63, 3.8) is 0 Å². The number of hydrogen-bond acceptors (Lipinski definition) is 9. The fourth-order valence-electron chi connectivity index (χ4n) is 4.76. The maximum absolute atomic E-state index is 13.3. The Labute approximate surface area is 201 Å². The van der Waals surface area contributed by atoms with Crippen LogP contribution in [0.15, 0.2) is 6.07 Å². The van der Waals surface area contributed by atoms with Gasteiger partial charge in [0.25, 0.3) is 5.91 Å². The first-order valence-electron chi connectivity index (χ1n) is 11.1. The van der Waals surface area contributed by atoms with Crippen molar-refractivity contribution in [3.05, 3.63) is 33.3 Å². The van der Waals surface area contributed by atoms with E-state index < -0.39 is 6.17 Å². The van der Waals surface area contributed by atoms with Gasteiger partial charge in [0.2, 0.25) is 18.3 Å². The molecule has 4 heterocycles. The number of amides is 1. The summed E-state index contributed by atoms with van der Waals surface area (Å²) < 4.78 is 28.5. The molecule has 10 heteroatoms. The van der Waals surface area contributed by atoms with Crippen molar-refractivity contribution in [2.45, 2.75) is 39.5 Å². The molecular formula is C24H27N3O6S. The largest absolute Gasteiger partial charge is 0.492 e. The average Bonchev–Trinajstić information content (AvgIpc) is 3.43. The van der Waals surface area contributed by atoms with Gasteiger partial charge in [0, 0.05) is 29.3 Å². The summed E-state index contributed by atoms with van der Waals surface area (Å²) >= 11 is 1.37. The highest BCUT2D eigenvalue weighted by Gasteiger charge is 2.38. The summed E-state index contributed by atoms with van der Waals surface area (Å²) in [5, 5.41) is 7.55. The third-order valence-electron chi connectivity index (χ3n) is 6.01. The van der Waals surface area contributed by atoms with E-state index in [9.17, 15) is 4.79 Å². The molecule has 0 fully saturated rings. The molecule has 0 saturated carbocycles. The second kappa shape index (κ2) is 8.84. The summed E-state index contributed by atoms with van der Waals surface area (Å²) in [5.74, 6) is 1.94. The molecule has 1 atom stereocenters. The summed E-state index contributed by atoms with van der Waals surface area (Å²) in [5.41, 5.74) is 4.26. The SMILES string of the molecule is CCCc1c(OC)c2c(c(OC)c1[C@H]1NC(=O)c3sc4nc(C)cc(COC)c4c3N1)OCO2. The van der Waals surface area contributed by atoms with Crippen LogP contribution in [0.4, 0.5) is 5.69 Å². The van der Waals surface area contributed by atoms with Crippen molar-refractivity contribution >= 4 is 33.1 Å². The Morgan fingerprint density at radius 3 is 2.56 bits per heavy atom. The van der Waals surface area contributed by atoms with Crippen molar-refractivity contribution in [2.75, 3.05) is 33.4 Å². The van der Waals surface area contributed by atoms with Crippen LogP contribution in [0.3, 0.4) is 0 Å². The van der Waals surface area contributed by atoms with Gasteiger partial charge in [-0.15, -0.1) is 11.3 Å². The van der Waals surface area contributed by atoms with Crippen LogP contribution in [0.5, 0.6) is 23.0 Å². The summed E-state index contributed by atoms with van der Waals surface area (Å²) in [6, 6.07) is 1.99. The Kier molecular flexibility index (Phi) is 5.86. The number of methoxy groups -OCH3 is 3. The second-order valence-electron chi connectivity index (χ2n) is 8.17. The lowest BCUT2D eigenvalue weighted by Crippen LogP contribution is -2.38. The Morgan fingerprint density at radius 2 is 1.88 bits per heavy atom. The first-order valence-corrected chi connectivity index (χ1v) is 11.9. The minimum atomic E-state index is -0.575. The molecule has 1 aromatic carbocycles. The first-order chi connectivity index (χ1) is 16.5. The monoisotopic (exact) mass is 485 g/mol. The average molecular weight is 486 g/mol. The van der Waals surface area contributed by atoms with E-state index in [0.29, 0.717) is 40.9 Å². The zero-order valence-corrected chi connectivity index (χ0v) is 20.6. The molecule has 34 heavy (non-hydrogen) atoms. The van der Waals surface area contributed by atoms with Crippen LogP contribution in [0.25, 0.3) is 10.2 Å². The molecular weight excluding hydrogens is 458 g/mol. The van der Waals surface area contributed by atoms with Gasteiger partial charge in [-0.05, 0) is 25.0 Å². The van der Waals surface area contributed by atoms with E-state index in [1.54, 1.807) is 21.3 Å². The van der Waals surface area contributed by atoms with E-state index in [1.165, 1.54) is 11.3 Å². The number of hydrogen-bond donors (Lipinski definition) is 2. The molecule has 5 rings (SSSR count). The summed E-state index contributed by atoms with van der Waals surface area (Å²) in [7, 11) is 4.85. The fraction of sp³-hybridized carbons (Fsp3) is 0.417. The topological polar surface area (TPSA) is 100 Å². The number of aryl methyl sites for hydroxylation is 1. The van der Waals surface area contributed by atoms with E-state index in [0.717, 1.165) is 44.7 Å². The lowest BCUT2D eigenvalue weighted by Gasteiger charge is -2.30. The zero-order valence-electron chi connectivity index (χ0n) is 19.8. The number of pyridine rings is 1. The van der Waals surface area contributed by atoms with E-state index in [-0.39, 0.29) is 12.7 Å². The second-order valence-corrected chi connectivity index (χ2v) is 9.17. The Bertz CT molecular complexity index is 1290. The zero-order chi connectivity index (χ0) is 24.0. The first kappa shape index (κ1) is 22.5. The van der Waals surface area contributed by atoms with E-state index in [2.05, 4.69) is 22.5 Å². The number of carbonyl (C=O) groups excluding carboxylic acids is 1. The number of anilines is 1. The highest BCUT2D eigenvalue weighted by Crippen LogP contribution is 2.55. The van der Waals surface area contributed by atoms with Gasteiger partial charge in [0.15, 0.2) is 11.5 Å². The van der Waals surface area contributed by atoms with Gasteiger partial charge in [-0.25, -0.2) is 4.98 Å². The summed E-state index contributed by atoms with van der Waals surface area (Å²) in [4.78, 5) is 19.4. The van der Waals surface area contributed by atoms with E-state index in [1.807, 2.05) is 13.0 Å². The van der Waals surface area contributed by atoms with Gasteiger partial charge in [-0.1, -0.05) is 13.3 Å². The Balaban J connectivity index is 1.72.